The molecular formula is C13H13BrClN3. The molecule has 1 aromatic heterocycles. The van der Waals surface area contributed by atoms with Gasteiger partial charge in [-0.15, -0.1) is 0 Å². The number of nitrogens with one attached hydrogen (secondary N) is 1. The fourth-order valence-electron chi connectivity index (χ4n) is 1.79. The molecule has 0 fully saturated rings. The number of rotatable bonds is 4. The average molecular weight is 327 g/mol. The Morgan fingerprint density at radius 2 is 2.17 bits per heavy atom. The summed E-state index contributed by atoms with van der Waals surface area (Å²) in [4.78, 5) is 4.35. The second-order valence-corrected chi connectivity index (χ2v) is 5.21. The van der Waals surface area contributed by atoms with Crippen molar-refractivity contribution in [2.45, 2.75) is 12.5 Å². The minimum absolute atomic E-state index is 0.0564. The normalized spacial score (nSPS) is 12.4. The van der Waals surface area contributed by atoms with Gasteiger partial charge in [0.15, 0.2) is 0 Å². The van der Waals surface area contributed by atoms with Crippen molar-refractivity contribution in [3.8, 4) is 0 Å². The molecule has 2 aromatic rings. The molecule has 1 unspecified atom stereocenters. The van der Waals surface area contributed by atoms with Crippen LogP contribution in [0.1, 0.15) is 17.3 Å². The summed E-state index contributed by atoms with van der Waals surface area (Å²) < 4.78 is 0.940. The molecule has 0 saturated carbocycles. The van der Waals surface area contributed by atoms with Crippen molar-refractivity contribution in [2.75, 3.05) is 0 Å². The number of nitrogens with two attached hydrogens (primary N) is 1. The first-order chi connectivity index (χ1) is 8.70. The van der Waals surface area contributed by atoms with Crippen LogP contribution in [0, 0.1) is 0 Å². The van der Waals surface area contributed by atoms with E-state index < -0.39 is 0 Å². The van der Waals surface area contributed by atoms with Gasteiger partial charge in [-0.05, 0) is 52.2 Å². The van der Waals surface area contributed by atoms with Crippen molar-refractivity contribution in [2.24, 2.45) is 5.84 Å². The van der Waals surface area contributed by atoms with Crippen LogP contribution in [0.15, 0.2) is 47.1 Å². The molecule has 0 aliphatic rings. The van der Waals surface area contributed by atoms with Crippen LogP contribution < -0.4 is 11.3 Å². The molecule has 3 nitrogen and oxygen atoms in total. The maximum Gasteiger partial charge on any atom is 0.0731 e. The molecule has 0 bridgehead atoms. The van der Waals surface area contributed by atoms with Crippen LogP contribution in [-0.4, -0.2) is 4.98 Å². The van der Waals surface area contributed by atoms with Crippen molar-refractivity contribution in [1.29, 1.82) is 0 Å². The minimum Gasteiger partial charge on any atom is -0.271 e. The average Bonchev–Trinajstić information content (AvgIpc) is 2.37. The highest BCUT2D eigenvalue weighted by Crippen LogP contribution is 2.24. The highest BCUT2D eigenvalue weighted by atomic mass is 79.9. The zero-order chi connectivity index (χ0) is 13.0. The minimum atomic E-state index is -0.0564. The topological polar surface area (TPSA) is 50.9 Å². The maximum atomic E-state index is 5.97. The van der Waals surface area contributed by atoms with Gasteiger partial charge in [-0.25, -0.2) is 0 Å². The number of nitrogens with zero attached hydrogens (tertiary/aromatic N) is 1. The molecule has 0 aliphatic carbocycles. The highest BCUT2D eigenvalue weighted by molar-refractivity contribution is 9.10. The van der Waals surface area contributed by atoms with Crippen molar-refractivity contribution in [1.82, 2.24) is 10.4 Å². The molecule has 0 radical (unpaired) electrons. The lowest BCUT2D eigenvalue weighted by Gasteiger charge is -2.16. The number of pyridine rings is 1. The Bertz CT molecular complexity index is 533. The molecule has 1 aromatic carbocycles. The molecule has 0 aliphatic heterocycles. The lowest BCUT2D eigenvalue weighted by molar-refractivity contribution is 0.536. The van der Waals surface area contributed by atoms with E-state index in [1.807, 2.05) is 36.4 Å². The fraction of sp³-hybridized carbons (Fsp3) is 0.154. The predicted molar refractivity (Wildman–Crippen MR) is 77.2 cm³/mol. The fourth-order valence-corrected chi connectivity index (χ4v) is 2.53. The first kappa shape index (κ1) is 13.5. The number of benzene rings is 1. The zero-order valence-electron chi connectivity index (χ0n) is 9.61. The molecule has 0 saturated heterocycles. The second kappa shape index (κ2) is 6.29. The summed E-state index contributed by atoms with van der Waals surface area (Å²) in [5.74, 6) is 5.62. The molecule has 3 N–H and O–H groups in total. The van der Waals surface area contributed by atoms with Gasteiger partial charge >= 0.3 is 0 Å². The van der Waals surface area contributed by atoms with E-state index in [2.05, 4.69) is 26.3 Å². The Hall–Kier alpha value is -0.940. The molecular weight excluding hydrogens is 314 g/mol. The van der Waals surface area contributed by atoms with E-state index in [1.165, 1.54) is 0 Å². The van der Waals surface area contributed by atoms with Crippen LogP contribution in [0.5, 0.6) is 0 Å². The van der Waals surface area contributed by atoms with E-state index in [-0.39, 0.29) is 6.04 Å². The molecule has 94 valence electrons. The summed E-state index contributed by atoms with van der Waals surface area (Å²) >= 11 is 9.45. The number of aromatic nitrogens is 1. The summed E-state index contributed by atoms with van der Waals surface area (Å²) in [7, 11) is 0. The highest BCUT2D eigenvalue weighted by Gasteiger charge is 2.14. The van der Waals surface area contributed by atoms with Crippen molar-refractivity contribution < 1.29 is 0 Å². The van der Waals surface area contributed by atoms with Gasteiger partial charge in [0, 0.05) is 15.7 Å². The number of hydrogen-bond acceptors (Lipinski definition) is 3. The van der Waals surface area contributed by atoms with Gasteiger partial charge in [0.1, 0.15) is 0 Å². The van der Waals surface area contributed by atoms with Crippen LogP contribution >= 0.6 is 27.5 Å². The van der Waals surface area contributed by atoms with Gasteiger partial charge in [0.2, 0.25) is 0 Å². The van der Waals surface area contributed by atoms with E-state index in [1.54, 1.807) is 6.20 Å². The van der Waals surface area contributed by atoms with E-state index >= 15 is 0 Å². The standard InChI is InChI=1S/C13H13BrClN3/c14-11-5-2-6-17-13(11)12(18-16)8-9-3-1-4-10(15)7-9/h1-7,12,18H,8,16H2. The number of hydrogen-bond donors (Lipinski definition) is 2. The van der Waals surface area contributed by atoms with Gasteiger partial charge in [-0.1, -0.05) is 23.7 Å². The first-order valence-corrected chi connectivity index (χ1v) is 6.69. The smallest absolute Gasteiger partial charge is 0.0731 e. The van der Waals surface area contributed by atoms with Crippen molar-refractivity contribution in [3.63, 3.8) is 0 Å². The summed E-state index contributed by atoms with van der Waals surface area (Å²) in [6.45, 7) is 0. The van der Waals surface area contributed by atoms with Gasteiger partial charge in [0.05, 0.1) is 11.7 Å². The molecule has 1 heterocycles. The molecule has 5 heteroatoms. The largest absolute Gasteiger partial charge is 0.271 e. The molecule has 0 spiro atoms. The van der Waals surface area contributed by atoms with Gasteiger partial charge in [0.25, 0.3) is 0 Å². The van der Waals surface area contributed by atoms with Crippen molar-refractivity contribution >= 4 is 27.5 Å². The molecule has 18 heavy (non-hydrogen) atoms. The van der Waals surface area contributed by atoms with Gasteiger partial charge < -0.3 is 0 Å². The third-order valence-electron chi connectivity index (χ3n) is 2.65. The van der Waals surface area contributed by atoms with E-state index in [0.717, 1.165) is 27.2 Å². The van der Waals surface area contributed by atoms with Crippen LogP contribution in [0.3, 0.4) is 0 Å². The van der Waals surface area contributed by atoms with E-state index in [9.17, 15) is 0 Å². The molecule has 0 amide bonds. The van der Waals surface area contributed by atoms with Crippen LogP contribution in [-0.2, 0) is 6.42 Å². The number of halogens is 2. The maximum absolute atomic E-state index is 5.97. The van der Waals surface area contributed by atoms with Gasteiger partial charge in [-0.2, -0.15) is 0 Å². The van der Waals surface area contributed by atoms with E-state index in [0.29, 0.717) is 0 Å². The summed E-state index contributed by atoms with van der Waals surface area (Å²) in [6.07, 6.45) is 2.48. The van der Waals surface area contributed by atoms with E-state index in [4.69, 9.17) is 17.4 Å². The van der Waals surface area contributed by atoms with Gasteiger partial charge in [-0.3, -0.25) is 16.3 Å². The summed E-state index contributed by atoms with van der Waals surface area (Å²) in [5, 5.41) is 0.725. The predicted octanol–water partition coefficient (Wildman–Crippen LogP) is 3.24. The Morgan fingerprint density at radius 1 is 1.33 bits per heavy atom. The zero-order valence-corrected chi connectivity index (χ0v) is 11.9. The van der Waals surface area contributed by atoms with Crippen LogP contribution in [0.2, 0.25) is 5.02 Å². The Kier molecular flexibility index (Phi) is 4.72. The number of hydrazine groups is 1. The Morgan fingerprint density at radius 3 is 2.83 bits per heavy atom. The quantitative estimate of drug-likeness (QED) is 0.670. The SMILES string of the molecule is NNC(Cc1cccc(Cl)c1)c1ncccc1Br. The lowest BCUT2D eigenvalue weighted by atomic mass is 10.0. The Labute approximate surface area is 119 Å². The molecule has 2 rings (SSSR count). The third-order valence-corrected chi connectivity index (χ3v) is 3.55. The summed E-state index contributed by atoms with van der Waals surface area (Å²) in [6, 6.07) is 11.5. The lowest BCUT2D eigenvalue weighted by Crippen LogP contribution is -2.30. The first-order valence-electron chi connectivity index (χ1n) is 5.51. The van der Waals surface area contributed by atoms with Crippen LogP contribution in [0.4, 0.5) is 0 Å². The third kappa shape index (κ3) is 3.29. The van der Waals surface area contributed by atoms with Crippen molar-refractivity contribution in [3.05, 3.63) is 63.3 Å². The summed E-state index contributed by atoms with van der Waals surface area (Å²) in [5.41, 5.74) is 4.79. The molecule has 1 atom stereocenters. The second-order valence-electron chi connectivity index (χ2n) is 3.92. The Balaban J connectivity index is 2.23. The van der Waals surface area contributed by atoms with Crippen LogP contribution in [0.25, 0.3) is 0 Å². The monoisotopic (exact) mass is 325 g/mol.